The van der Waals surface area contributed by atoms with Gasteiger partial charge in [-0.3, -0.25) is 14.9 Å². The molecule has 2 saturated heterocycles. The molecule has 4 rings (SSSR count). The van der Waals surface area contributed by atoms with Crippen LogP contribution in [0.3, 0.4) is 0 Å². The number of carbonyl (C=O) groups is 2. The van der Waals surface area contributed by atoms with Gasteiger partial charge in [-0.2, -0.15) is 0 Å². The van der Waals surface area contributed by atoms with Crippen molar-refractivity contribution in [3.63, 3.8) is 0 Å². The Morgan fingerprint density at radius 3 is 2.50 bits per heavy atom. The molecular formula is C18H23N3O3. The molecule has 0 bridgehead atoms. The standard InChI is InChI=1S/C18H23N3O3/c22-12-6-9-20(10-7-12)14-2-1-3-15-13(14)8-11-21(15)16-4-5-17(23)19-18(16)24/h1-3,12,16,22H,4-11H2,(H,19,23,24)/t16-/m1/s1. The Morgan fingerprint density at radius 1 is 1.00 bits per heavy atom. The van der Waals surface area contributed by atoms with E-state index in [1.165, 1.54) is 11.3 Å². The van der Waals surface area contributed by atoms with Gasteiger partial charge in [0.25, 0.3) is 0 Å². The lowest BCUT2D eigenvalue weighted by Crippen LogP contribution is -2.52. The number of nitrogens with zero attached hydrogens (tertiary/aromatic N) is 2. The Labute approximate surface area is 141 Å². The van der Waals surface area contributed by atoms with Crippen molar-refractivity contribution in [2.45, 2.75) is 44.2 Å². The van der Waals surface area contributed by atoms with Crippen LogP contribution in [-0.4, -0.2) is 48.7 Å². The topological polar surface area (TPSA) is 72.9 Å². The highest BCUT2D eigenvalue weighted by atomic mass is 16.3. The van der Waals surface area contributed by atoms with Crippen LogP contribution in [0.4, 0.5) is 11.4 Å². The van der Waals surface area contributed by atoms with Gasteiger partial charge in [-0.1, -0.05) is 6.07 Å². The molecule has 1 atom stereocenters. The van der Waals surface area contributed by atoms with Gasteiger partial charge in [-0.05, 0) is 37.8 Å². The van der Waals surface area contributed by atoms with Crippen LogP contribution in [0.25, 0.3) is 0 Å². The van der Waals surface area contributed by atoms with Crippen molar-refractivity contribution < 1.29 is 14.7 Å². The average Bonchev–Trinajstić information content (AvgIpc) is 3.00. The number of anilines is 2. The predicted octanol–water partition coefficient (Wildman–Crippen LogP) is 0.815. The largest absolute Gasteiger partial charge is 0.393 e. The monoisotopic (exact) mass is 329 g/mol. The zero-order valence-corrected chi connectivity index (χ0v) is 13.7. The van der Waals surface area contributed by atoms with Gasteiger partial charge in [-0.15, -0.1) is 0 Å². The average molecular weight is 329 g/mol. The molecule has 0 spiro atoms. The van der Waals surface area contributed by atoms with E-state index in [9.17, 15) is 14.7 Å². The van der Waals surface area contributed by atoms with Crippen molar-refractivity contribution in [2.75, 3.05) is 29.4 Å². The fourth-order valence-corrected chi connectivity index (χ4v) is 4.15. The maximum absolute atomic E-state index is 12.2. The molecule has 2 fully saturated rings. The molecule has 6 nitrogen and oxygen atoms in total. The third-order valence-corrected chi connectivity index (χ3v) is 5.43. The lowest BCUT2D eigenvalue weighted by atomic mass is 10.0. The summed E-state index contributed by atoms with van der Waals surface area (Å²) in [5.41, 5.74) is 3.64. The number of nitrogens with one attached hydrogen (secondary N) is 1. The molecular weight excluding hydrogens is 306 g/mol. The second kappa shape index (κ2) is 6.09. The third-order valence-electron chi connectivity index (χ3n) is 5.43. The molecule has 0 aliphatic carbocycles. The van der Waals surface area contributed by atoms with E-state index in [-0.39, 0.29) is 24.0 Å². The molecule has 2 amide bonds. The lowest BCUT2D eigenvalue weighted by molar-refractivity contribution is -0.134. The molecule has 1 aromatic rings. The first-order valence-electron chi connectivity index (χ1n) is 8.79. The number of benzene rings is 1. The van der Waals surface area contributed by atoms with Gasteiger partial charge in [0.15, 0.2) is 0 Å². The molecule has 1 aromatic carbocycles. The number of carbonyl (C=O) groups excluding carboxylic acids is 2. The van der Waals surface area contributed by atoms with Gasteiger partial charge < -0.3 is 14.9 Å². The summed E-state index contributed by atoms with van der Waals surface area (Å²) in [4.78, 5) is 28.1. The summed E-state index contributed by atoms with van der Waals surface area (Å²) in [6.07, 6.45) is 3.34. The van der Waals surface area contributed by atoms with E-state index >= 15 is 0 Å². The van der Waals surface area contributed by atoms with Crippen LogP contribution in [0, 0.1) is 0 Å². The Bertz CT molecular complexity index is 667. The van der Waals surface area contributed by atoms with E-state index in [0.29, 0.717) is 12.8 Å². The molecule has 24 heavy (non-hydrogen) atoms. The third kappa shape index (κ3) is 2.65. The second-order valence-electron chi connectivity index (χ2n) is 6.90. The van der Waals surface area contributed by atoms with Crippen LogP contribution < -0.4 is 15.1 Å². The number of piperidine rings is 2. The Balaban J connectivity index is 1.59. The summed E-state index contributed by atoms with van der Waals surface area (Å²) >= 11 is 0. The number of aliphatic hydroxyl groups is 1. The van der Waals surface area contributed by atoms with Crippen molar-refractivity contribution in [3.8, 4) is 0 Å². The first kappa shape index (κ1) is 15.4. The minimum Gasteiger partial charge on any atom is -0.393 e. The van der Waals surface area contributed by atoms with E-state index in [1.807, 2.05) is 6.07 Å². The number of hydrogen-bond donors (Lipinski definition) is 2. The molecule has 3 aliphatic heterocycles. The molecule has 3 aliphatic rings. The van der Waals surface area contributed by atoms with E-state index in [4.69, 9.17) is 0 Å². The quantitative estimate of drug-likeness (QED) is 0.786. The molecule has 0 saturated carbocycles. The number of aliphatic hydroxyl groups excluding tert-OH is 1. The van der Waals surface area contributed by atoms with Crippen molar-refractivity contribution in [2.24, 2.45) is 0 Å². The minimum atomic E-state index is -0.248. The number of amides is 2. The van der Waals surface area contributed by atoms with Gasteiger partial charge >= 0.3 is 0 Å². The van der Waals surface area contributed by atoms with Crippen molar-refractivity contribution in [3.05, 3.63) is 23.8 Å². The van der Waals surface area contributed by atoms with Crippen LogP contribution in [-0.2, 0) is 16.0 Å². The molecule has 2 N–H and O–H groups in total. The number of imide groups is 1. The summed E-state index contributed by atoms with van der Waals surface area (Å²) in [5.74, 6) is -0.345. The molecule has 0 aromatic heterocycles. The van der Waals surface area contributed by atoms with Gasteiger partial charge in [0.2, 0.25) is 11.8 Å². The summed E-state index contributed by atoms with van der Waals surface area (Å²) < 4.78 is 0. The minimum absolute atomic E-state index is 0.170. The van der Waals surface area contributed by atoms with Gasteiger partial charge in [-0.25, -0.2) is 0 Å². The maximum atomic E-state index is 12.2. The van der Waals surface area contributed by atoms with Crippen LogP contribution in [0.1, 0.15) is 31.2 Å². The van der Waals surface area contributed by atoms with E-state index in [0.717, 1.165) is 44.6 Å². The normalized spacial score (nSPS) is 25.0. The Kier molecular flexibility index (Phi) is 3.92. The maximum Gasteiger partial charge on any atom is 0.249 e. The SMILES string of the molecule is O=C1CC[C@@H](N2CCc3c(N4CCC(O)CC4)cccc32)C(=O)N1. The van der Waals surface area contributed by atoms with Crippen molar-refractivity contribution in [1.82, 2.24) is 5.32 Å². The zero-order valence-electron chi connectivity index (χ0n) is 13.7. The molecule has 3 heterocycles. The van der Waals surface area contributed by atoms with Gasteiger partial charge in [0.1, 0.15) is 6.04 Å². The highest BCUT2D eigenvalue weighted by Gasteiger charge is 2.36. The molecule has 6 heteroatoms. The fraction of sp³-hybridized carbons (Fsp3) is 0.556. The summed E-state index contributed by atoms with van der Waals surface area (Å²) in [6, 6.07) is 6.02. The first-order chi connectivity index (χ1) is 11.6. The van der Waals surface area contributed by atoms with Crippen LogP contribution in [0.5, 0.6) is 0 Å². The van der Waals surface area contributed by atoms with E-state index in [1.54, 1.807) is 0 Å². The summed E-state index contributed by atoms with van der Waals surface area (Å²) in [7, 11) is 0. The number of rotatable bonds is 2. The van der Waals surface area contributed by atoms with Crippen molar-refractivity contribution in [1.29, 1.82) is 0 Å². The summed E-state index contributed by atoms with van der Waals surface area (Å²) in [6.45, 7) is 2.56. The van der Waals surface area contributed by atoms with Gasteiger partial charge in [0, 0.05) is 43.0 Å². The van der Waals surface area contributed by atoms with Crippen LogP contribution in [0.15, 0.2) is 18.2 Å². The van der Waals surface area contributed by atoms with Crippen LogP contribution >= 0.6 is 0 Å². The highest BCUT2D eigenvalue weighted by molar-refractivity contribution is 6.02. The molecule has 0 unspecified atom stereocenters. The predicted molar refractivity (Wildman–Crippen MR) is 91.1 cm³/mol. The lowest BCUT2D eigenvalue weighted by Gasteiger charge is -2.34. The second-order valence-corrected chi connectivity index (χ2v) is 6.90. The molecule has 128 valence electrons. The number of hydrogen-bond acceptors (Lipinski definition) is 5. The Morgan fingerprint density at radius 2 is 1.75 bits per heavy atom. The first-order valence-corrected chi connectivity index (χ1v) is 8.79. The van der Waals surface area contributed by atoms with E-state index < -0.39 is 0 Å². The van der Waals surface area contributed by atoms with E-state index in [2.05, 4.69) is 27.2 Å². The van der Waals surface area contributed by atoms with Crippen molar-refractivity contribution >= 4 is 23.2 Å². The molecule has 0 radical (unpaired) electrons. The number of fused-ring (bicyclic) bond motifs is 1. The summed E-state index contributed by atoms with van der Waals surface area (Å²) in [5, 5.41) is 12.2. The fourth-order valence-electron chi connectivity index (χ4n) is 4.15. The Hall–Kier alpha value is -2.08. The highest BCUT2D eigenvalue weighted by Crippen LogP contribution is 2.38. The smallest absolute Gasteiger partial charge is 0.249 e. The van der Waals surface area contributed by atoms with Gasteiger partial charge in [0.05, 0.1) is 6.10 Å². The van der Waals surface area contributed by atoms with Crippen LogP contribution in [0.2, 0.25) is 0 Å². The zero-order chi connectivity index (χ0) is 16.7.